The molecule has 5 aromatic rings. The van der Waals surface area contributed by atoms with Crippen LogP contribution in [0, 0.1) is 5.82 Å². The summed E-state index contributed by atoms with van der Waals surface area (Å²) in [4.78, 5) is 31.8. The van der Waals surface area contributed by atoms with Crippen LogP contribution in [0.1, 0.15) is 61.5 Å². The number of aromatic nitrogens is 6. The highest BCUT2D eigenvalue weighted by atomic mass is 35.5. The van der Waals surface area contributed by atoms with Crippen molar-refractivity contribution in [2.45, 2.75) is 56.7 Å². The molecule has 2 saturated heterocycles. The maximum atomic E-state index is 13.8. The third-order valence-electron chi connectivity index (χ3n) is 7.76. The number of nitrogens with one attached hydrogen (secondary N) is 1. The molecule has 3 atom stereocenters. The van der Waals surface area contributed by atoms with Gasteiger partial charge in [-0.25, -0.2) is 4.39 Å². The number of benzene rings is 1. The van der Waals surface area contributed by atoms with Gasteiger partial charge in [0.05, 0.1) is 6.04 Å². The lowest BCUT2D eigenvalue weighted by Gasteiger charge is -2.23. The van der Waals surface area contributed by atoms with Crippen molar-refractivity contribution >= 4 is 30.7 Å². The number of halogens is 3. The zero-order chi connectivity index (χ0) is 31.0. The van der Waals surface area contributed by atoms with Crippen molar-refractivity contribution in [2.75, 3.05) is 13.1 Å². The third-order valence-corrected chi connectivity index (χ3v) is 7.76. The molecule has 0 bridgehead atoms. The fourth-order valence-corrected chi connectivity index (χ4v) is 5.52. The lowest BCUT2D eigenvalue weighted by Crippen LogP contribution is -2.36. The number of carbonyl (C=O) groups excluding carboxylic acids is 1. The van der Waals surface area contributed by atoms with Crippen molar-refractivity contribution < 1.29 is 18.2 Å². The number of likely N-dealkylation sites (tertiary alicyclic amines) is 1. The highest BCUT2D eigenvalue weighted by molar-refractivity contribution is 5.85. The zero-order valence-electron chi connectivity index (χ0n) is 25.4. The smallest absolute Gasteiger partial charge is 0.249 e. The van der Waals surface area contributed by atoms with Crippen molar-refractivity contribution in [3.8, 4) is 23.0 Å². The Morgan fingerprint density at radius 1 is 0.894 bits per heavy atom. The summed E-state index contributed by atoms with van der Waals surface area (Å²) in [6, 6.07) is 17.1. The average Bonchev–Trinajstić information content (AvgIpc) is 3.90. The first-order valence-electron chi connectivity index (χ1n) is 15.1. The number of hydrogen-bond donors (Lipinski definition) is 2. The molecule has 2 fully saturated rings. The topological polar surface area (TPSA) is 162 Å². The van der Waals surface area contributed by atoms with Gasteiger partial charge in [-0.15, -0.1) is 24.8 Å². The summed E-state index contributed by atoms with van der Waals surface area (Å²) in [5, 5.41) is 11.3. The minimum Gasteiger partial charge on any atom is -0.337 e. The van der Waals surface area contributed by atoms with Crippen molar-refractivity contribution in [3.05, 3.63) is 96.2 Å². The summed E-state index contributed by atoms with van der Waals surface area (Å²) < 4.78 is 24.5. The van der Waals surface area contributed by atoms with Gasteiger partial charge >= 0.3 is 0 Å². The molecule has 3 N–H and O–H groups in total. The SMILES string of the molecule is Cl.Cl.N[C@@H](CC(=O)N1CCC[C@@H]1c1nc(-c2ccccn2)no1)Cc1ccccc1F.c1ccc(-c2noc([C@H]3CCCN3)n2)nc1. The Morgan fingerprint density at radius 2 is 1.53 bits per heavy atom. The first kappa shape index (κ1) is 35.6. The van der Waals surface area contributed by atoms with Crippen LogP contribution in [0.2, 0.25) is 0 Å². The molecular weight excluding hydrogens is 648 g/mol. The molecular formula is C32H36Cl2FN9O3. The molecule has 4 aromatic heterocycles. The second-order valence-electron chi connectivity index (χ2n) is 11.0. The molecule has 6 heterocycles. The van der Waals surface area contributed by atoms with Gasteiger partial charge in [-0.1, -0.05) is 40.6 Å². The van der Waals surface area contributed by atoms with Gasteiger partial charge in [0, 0.05) is 31.4 Å². The minimum absolute atomic E-state index is 0. The van der Waals surface area contributed by atoms with E-state index in [-0.39, 0.29) is 55.0 Å². The van der Waals surface area contributed by atoms with Gasteiger partial charge in [0.2, 0.25) is 29.3 Å². The normalized spacial score (nSPS) is 17.6. The summed E-state index contributed by atoms with van der Waals surface area (Å²) in [6.07, 6.45) is 7.63. The molecule has 0 radical (unpaired) electrons. The van der Waals surface area contributed by atoms with Crippen LogP contribution in [0.4, 0.5) is 4.39 Å². The minimum atomic E-state index is -0.465. The first-order valence-corrected chi connectivity index (χ1v) is 15.1. The number of carbonyl (C=O) groups is 1. The van der Waals surface area contributed by atoms with E-state index in [4.69, 9.17) is 14.8 Å². The summed E-state index contributed by atoms with van der Waals surface area (Å²) in [5.74, 6) is 1.63. The van der Waals surface area contributed by atoms with E-state index in [1.807, 2.05) is 30.3 Å². The molecule has 15 heteroatoms. The zero-order valence-corrected chi connectivity index (χ0v) is 27.1. The van der Waals surface area contributed by atoms with Gasteiger partial charge in [0.25, 0.3) is 0 Å². The lowest BCUT2D eigenvalue weighted by molar-refractivity contribution is -0.132. The second-order valence-corrected chi connectivity index (χ2v) is 11.0. The Kier molecular flexibility index (Phi) is 12.9. The van der Waals surface area contributed by atoms with Gasteiger partial charge in [0.1, 0.15) is 23.2 Å². The molecule has 0 saturated carbocycles. The molecule has 1 amide bonds. The van der Waals surface area contributed by atoms with Crippen LogP contribution in [0.15, 0.2) is 82.1 Å². The molecule has 2 aliphatic rings. The first-order chi connectivity index (χ1) is 22.0. The predicted octanol–water partition coefficient (Wildman–Crippen LogP) is 5.29. The standard InChI is InChI=1S/C21H22FN5O2.C11H12N4O.2ClH/c22-16-7-2-1-6-14(16)12-15(23)13-19(28)27-11-5-9-18(27)21-25-20(26-29-21)17-8-3-4-10-24-17;1-2-6-12-8(4-1)10-14-11(16-15-10)9-5-3-7-13-9;;/h1-4,6-8,10,15,18H,5,9,11-13,23H2;1-2,4,6,9,13H,3,5,7H2;2*1H/t15-,18-;9-;;/m11../s1. The Morgan fingerprint density at radius 3 is 2.15 bits per heavy atom. The molecule has 248 valence electrons. The summed E-state index contributed by atoms with van der Waals surface area (Å²) in [7, 11) is 0. The van der Waals surface area contributed by atoms with Crippen LogP contribution in [0.25, 0.3) is 23.0 Å². The number of hydrogen-bond acceptors (Lipinski definition) is 11. The average molecular weight is 685 g/mol. The molecule has 12 nitrogen and oxygen atoms in total. The van der Waals surface area contributed by atoms with Crippen molar-refractivity contribution in [1.29, 1.82) is 0 Å². The quantitative estimate of drug-likeness (QED) is 0.218. The van der Waals surface area contributed by atoms with Crippen molar-refractivity contribution in [3.63, 3.8) is 0 Å². The molecule has 0 spiro atoms. The molecule has 47 heavy (non-hydrogen) atoms. The van der Waals surface area contributed by atoms with Crippen LogP contribution >= 0.6 is 24.8 Å². The Balaban J connectivity index is 0.000000236. The molecule has 2 aliphatic heterocycles. The van der Waals surface area contributed by atoms with Crippen LogP contribution in [0.3, 0.4) is 0 Å². The summed E-state index contributed by atoms with van der Waals surface area (Å²) in [5.41, 5.74) is 8.01. The van der Waals surface area contributed by atoms with Crippen LogP contribution in [-0.2, 0) is 11.2 Å². The Hall–Kier alpha value is -4.30. The van der Waals surface area contributed by atoms with Crippen LogP contribution in [-0.4, -0.2) is 60.2 Å². The van der Waals surface area contributed by atoms with E-state index >= 15 is 0 Å². The van der Waals surface area contributed by atoms with E-state index in [2.05, 4.69) is 35.6 Å². The number of nitrogens with zero attached hydrogens (tertiary/aromatic N) is 7. The van der Waals surface area contributed by atoms with Gasteiger partial charge in [-0.2, -0.15) is 9.97 Å². The van der Waals surface area contributed by atoms with E-state index < -0.39 is 6.04 Å². The van der Waals surface area contributed by atoms with Crippen LogP contribution in [0.5, 0.6) is 0 Å². The van der Waals surface area contributed by atoms with E-state index in [1.54, 1.807) is 41.6 Å². The molecule has 1 aromatic carbocycles. The molecule has 0 aliphatic carbocycles. The Labute approximate surface area is 283 Å². The largest absolute Gasteiger partial charge is 0.337 e. The molecule has 0 unspecified atom stereocenters. The van der Waals surface area contributed by atoms with Gasteiger partial charge < -0.3 is 25.0 Å². The van der Waals surface area contributed by atoms with Gasteiger partial charge in [-0.3, -0.25) is 14.8 Å². The van der Waals surface area contributed by atoms with E-state index in [1.165, 1.54) is 6.07 Å². The lowest BCUT2D eigenvalue weighted by atomic mass is 10.0. The van der Waals surface area contributed by atoms with E-state index in [9.17, 15) is 9.18 Å². The highest BCUT2D eigenvalue weighted by Crippen LogP contribution is 2.32. The monoisotopic (exact) mass is 683 g/mol. The fraction of sp³-hybridized carbons (Fsp3) is 0.344. The number of nitrogens with two attached hydrogens (primary N) is 1. The Bertz CT molecular complexity index is 1690. The van der Waals surface area contributed by atoms with Crippen molar-refractivity contribution in [1.82, 2.24) is 40.5 Å². The summed E-state index contributed by atoms with van der Waals surface area (Å²) >= 11 is 0. The molecule has 7 rings (SSSR count). The van der Waals surface area contributed by atoms with Gasteiger partial charge in [0.15, 0.2) is 0 Å². The van der Waals surface area contributed by atoms with Crippen LogP contribution < -0.4 is 11.1 Å². The number of amides is 1. The predicted molar refractivity (Wildman–Crippen MR) is 176 cm³/mol. The maximum absolute atomic E-state index is 13.8. The van der Waals surface area contributed by atoms with Gasteiger partial charge in [-0.05, 0) is 74.5 Å². The number of pyridine rings is 2. The maximum Gasteiger partial charge on any atom is 0.249 e. The highest BCUT2D eigenvalue weighted by Gasteiger charge is 2.34. The van der Waals surface area contributed by atoms with E-state index in [0.29, 0.717) is 47.7 Å². The van der Waals surface area contributed by atoms with Crippen molar-refractivity contribution in [2.24, 2.45) is 5.73 Å². The third kappa shape index (κ3) is 8.95. The number of rotatable bonds is 8. The van der Waals surface area contributed by atoms with E-state index in [0.717, 1.165) is 37.9 Å². The fourth-order valence-electron chi connectivity index (χ4n) is 5.52. The summed E-state index contributed by atoms with van der Waals surface area (Å²) in [6.45, 7) is 1.63. The second kappa shape index (κ2) is 17.0.